The van der Waals surface area contributed by atoms with Crippen LogP contribution in [0.15, 0.2) is 6.33 Å². The average molecular weight is 164 g/mol. The predicted molar refractivity (Wildman–Crippen MR) is 45.8 cm³/mol. The number of hydrogen-bond acceptors (Lipinski definition) is 4. The molecule has 0 amide bonds. The average Bonchev–Trinajstić information content (AvgIpc) is 2.84. The highest BCUT2D eigenvalue weighted by Crippen LogP contribution is 2.28. The van der Waals surface area contributed by atoms with E-state index >= 15 is 0 Å². The summed E-state index contributed by atoms with van der Waals surface area (Å²) in [5.41, 5.74) is 0. The Morgan fingerprint density at radius 3 is 3.00 bits per heavy atom. The van der Waals surface area contributed by atoms with E-state index in [2.05, 4.69) is 20.3 Å². The summed E-state index contributed by atoms with van der Waals surface area (Å²) in [6, 6.07) is 0. The summed E-state index contributed by atoms with van der Waals surface area (Å²) in [5.74, 6) is 2.32. The van der Waals surface area contributed by atoms with Gasteiger partial charge in [0.2, 0.25) is 5.95 Å². The summed E-state index contributed by atoms with van der Waals surface area (Å²) in [7, 11) is 0. The molecule has 0 radical (unpaired) electrons. The van der Waals surface area contributed by atoms with Crippen LogP contribution in [-0.2, 0) is 0 Å². The van der Waals surface area contributed by atoms with Gasteiger partial charge >= 0.3 is 0 Å². The molecule has 0 atom stereocenters. The highest BCUT2D eigenvalue weighted by molar-refractivity contribution is 5.22. The molecular weight excluding hydrogens is 152 g/mol. The third-order valence-corrected chi connectivity index (χ3v) is 1.94. The number of rotatable bonds is 3. The highest BCUT2D eigenvalue weighted by Gasteiger charge is 2.20. The lowest BCUT2D eigenvalue weighted by Crippen LogP contribution is -2.07. The van der Waals surface area contributed by atoms with Gasteiger partial charge in [-0.1, -0.05) is 0 Å². The van der Waals surface area contributed by atoms with E-state index in [4.69, 9.17) is 0 Å². The van der Waals surface area contributed by atoms with Gasteiger partial charge in [0.15, 0.2) is 0 Å². The molecule has 0 spiro atoms. The molecule has 12 heavy (non-hydrogen) atoms. The molecule has 1 N–H and O–H groups in total. The van der Waals surface area contributed by atoms with Crippen LogP contribution in [0.25, 0.3) is 0 Å². The Bertz CT molecular complexity index is 270. The first-order chi connectivity index (χ1) is 5.84. The van der Waals surface area contributed by atoms with Crippen LogP contribution in [0, 0.1) is 12.8 Å². The Morgan fingerprint density at radius 1 is 1.50 bits per heavy atom. The first-order valence-corrected chi connectivity index (χ1v) is 4.24. The van der Waals surface area contributed by atoms with Crippen LogP contribution in [0.1, 0.15) is 18.7 Å². The molecule has 1 aromatic rings. The molecular formula is C8H12N4. The smallest absolute Gasteiger partial charge is 0.225 e. The molecule has 4 nitrogen and oxygen atoms in total. The standard InChI is InChI=1S/C8H12N4/c1-6-10-5-11-8(12-6)9-4-7-2-3-7/h5,7H,2-4H2,1H3,(H,9,10,11,12). The summed E-state index contributed by atoms with van der Waals surface area (Å²) >= 11 is 0. The monoisotopic (exact) mass is 164 g/mol. The van der Waals surface area contributed by atoms with E-state index in [-0.39, 0.29) is 0 Å². The zero-order valence-electron chi connectivity index (χ0n) is 7.12. The minimum atomic E-state index is 0.703. The van der Waals surface area contributed by atoms with Gasteiger partial charge < -0.3 is 5.32 Å². The van der Waals surface area contributed by atoms with Crippen molar-refractivity contribution in [3.8, 4) is 0 Å². The molecule has 1 fully saturated rings. The van der Waals surface area contributed by atoms with Crippen molar-refractivity contribution in [3.63, 3.8) is 0 Å². The van der Waals surface area contributed by atoms with E-state index in [1.165, 1.54) is 19.2 Å². The molecule has 0 bridgehead atoms. The van der Waals surface area contributed by atoms with Crippen LogP contribution in [0.3, 0.4) is 0 Å². The fraction of sp³-hybridized carbons (Fsp3) is 0.625. The molecule has 2 rings (SSSR count). The predicted octanol–water partition coefficient (Wildman–Crippen LogP) is 1.00. The highest BCUT2D eigenvalue weighted by atomic mass is 15.1. The molecule has 0 saturated heterocycles. The maximum absolute atomic E-state index is 4.14. The largest absolute Gasteiger partial charge is 0.354 e. The zero-order valence-corrected chi connectivity index (χ0v) is 7.12. The number of nitrogens with zero attached hydrogens (tertiary/aromatic N) is 3. The van der Waals surface area contributed by atoms with Gasteiger partial charge in [-0.15, -0.1) is 0 Å². The van der Waals surface area contributed by atoms with Gasteiger partial charge in [-0.2, -0.15) is 4.98 Å². The van der Waals surface area contributed by atoms with E-state index in [0.29, 0.717) is 5.95 Å². The minimum absolute atomic E-state index is 0.703. The fourth-order valence-electron chi connectivity index (χ4n) is 1.02. The Labute approximate surface area is 71.5 Å². The van der Waals surface area contributed by atoms with E-state index in [1.807, 2.05) is 6.92 Å². The Hall–Kier alpha value is -1.19. The van der Waals surface area contributed by atoms with Gasteiger partial charge in [0, 0.05) is 6.54 Å². The normalized spacial score (nSPS) is 16.1. The number of aromatic nitrogens is 3. The van der Waals surface area contributed by atoms with Gasteiger partial charge in [-0.3, -0.25) is 0 Å². The number of aryl methyl sites for hydroxylation is 1. The summed E-state index contributed by atoms with van der Waals surface area (Å²) in [6.45, 7) is 2.87. The van der Waals surface area contributed by atoms with Gasteiger partial charge in [0.25, 0.3) is 0 Å². The van der Waals surface area contributed by atoms with Crippen LogP contribution < -0.4 is 5.32 Å². The van der Waals surface area contributed by atoms with Crippen LogP contribution >= 0.6 is 0 Å². The van der Waals surface area contributed by atoms with Gasteiger partial charge in [0.05, 0.1) is 0 Å². The molecule has 1 aliphatic carbocycles. The molecule has 0 unspecified atom stereocenters. The second-order valence-corrected chi connectivity index (χ2v) is 3.18. The topological polar surface area (TPSA) is 50.7 Å². The molecule has 1 heterocycles. The van der Waals surface area contributed by atoms with Gasteiger partial charge in [0.1, 0.15) is 12.2 Å². The van der Waals surface area contributed by atoms with Gasteiger partial charge in [-0.25, -0.2) is 9.97 Å². The lowest BCUT2D eigenvalue weighted by atomic mass is 10.4. The summed E-state index contributed by atoms with van der Waals surface area (Å²) < 4.78 is 0. The second-order valence-electron chi connectivity index (χ2n) is 3.18. The van der Waals surface area contributed by atoms with Crippen molar-refractivity contribution >= 4 is 5.95 Å². The second kappa shape index (κ2) is 3.05. The van der Waals surface area contributed by atoms with Crippen LogP contribution in [0.5, 0.6) is 0 Å². The first-order valence-electron chi connectivity index (χ1n) is 4.24. The lowest BCUT2D eigenvalue weighted by molar-refractivity contribution is 0.860. The molecule has 0 aliphatic heterocycles. The van der Waals surface area contributed by atoms with E-state index in [0.717, 1.165) is 18.3 Å². The van der Waals surface area contributed by atoms with Crippen molar-refractivity contribution in [3.05, 3.63) is 12.2 Å². The maximum atomic E-state index is 4.14. The SMILES string of the molecule is Cc1ncnc(NCC2CC2)n1. The van der Waals surface area contributed by atoms with Crippen LogP contribution in [-0.4, -0.2) is 21.5 Å². The minimum Gasteiger partial charge on any atom is -0.354 e. The number of hydrogen-bond donors (Lipinski definition) is 1. The van der Waals surface area contributed by atoms with E-state index in [1.54, 1.807) is 0 Å². The van der Waals surface area contributed by atoms with Crippen molar-refractivity contribution in [2.75, 3.05) is 11.9 Å². The number of nitrogens with one attached hydrogen (secondary N) is 1. The molecule has 1 aromatic heterocycles. The molecule has 64 valence electrons. The van der Waals surface area contributed by atoms with Crippen molar-refractivity contribution in [1.29, 1.82) is 0 Å². The zero-order chi connectivity index (χ0) is 8.39. The molecule has 4 heteroatoms. The summed E-state index contributed by atoms with van der Waals surface area (Å²) in [4.78, 5) is 12.1. The van der Waals surface area contributed by atoms with Crippen molar-refractivity contribution < 1.29 is 0 Å². The first kappa shape index (κ1) is 7.46. The maximum Gasteiger partial charge on any atom is 0.225 e. The van der Waals surface area contributed by atoms with Gasteiger partial charge in [-0.05, 0) is 25.7 Å². The van der Waals surface area contributed by atoms with Crippen LogP contribution in [0.4, 0.5) is 5.95 Å². The fourth-order valence-corrected chi connectivity index (χ4v) is 1.02. The third kappa shape index (κ3) is 1.90. The van der Waals surface area contributed by atoms with Crippen molar-refractivity contribution in [1.82, 2.24) is 15.0 Å². The molecule has 0 aromatic carbocycles. The van der Waals surface area contributed by atoms with Crippen molar-refractivity contribution in [2.24, 2.45) is 5.92 Å². The van der Waals surface area contributed by atoms with E-state index in [9.17, 15) is 0 Å². The summed E-state index contributed by atoms with van der Waals surface area (Å²) in [6.07, 6.45) is 4.23. The van der Waals surface area contributed by atoms with Crippen LogP contribution in [0.2, 0.25) is 0 Å². The molecule has 1 aliphatic rings. The summed E-state index contributed by atoms with van der Waals surface area (Å²) in [5, 5.41) is 3.19. The quantitative estimate of drug-likeness (QED) is 0.724. The lowest BCUT2D eigenvalue weighted by Gasteiger charge is -2.01. The Morgan fingerprint density at radius 2 is 2.33 bits per heavy atom. The Kier molecular flexibility index (Phi) is 1.89. The number of anilines is 1. The third-order valence-electron chi connectivity index (χ3n) is 1.94. The van der Waals surface area contributed by atoms with Crippen molar-refractivity contribution in [2.45, 2.75) is 19.8 Å². The van der Waals surface area contributed by atoms with E-state index < -0.39 is 0 Å². The molecule has 1 saturated carbocycles. The Balaban J connectivity index is 1.92.